The second-order valence-corrected chi connectivity index (χ2v) is 6.03. The van der Waals surface area contributed by atoms with E-state index >= 15 is 0 Å². The number of hydrogen-bond acceptors (Lipinski definition) is 5. The third-order valence-corrected chi connectivity index (χ3v) is 4.07. The predicted octanol–water partition coefficient (Wildman–Crippen LogP) is 2.58. The number of benzene rings is 1. The number of aromatic nitrogens is 3. The van der Waals surface area contributed by atoms with E-state index in [0.717, 1.165) is 45.3 Å². The van der Waals surface area contributed by atoms with Gasteiger partial charge in [0.15, 0.2) is 0 Å². The van der Waals surface area contributed by atoms with Crippen LogP contribution in [0.25, 0.3) is 10.2 Å². The minimum atomic E-state index is 0.766. The van der Waals surface area contributed by atoms with Crippen LogP contribution in [0.1, 0.15) is 10.7 Å². The number of nitrogens with one attached hydrogen (secondary N) is 1. The van der Waals surface area contributed by atoms with Crippen LogP contribution in [0.15, 0.2) is 24.4 Å². The second kappa shape index (κ2) is 5.13. The molecular weight excluding hydrogens is 270 g/mol. The molecule has 104 valence electrons. The van der Waals surface area contributed by atoms with Crippen molar-refractivity contribution in [3.63, 3.8) is 0 Å². The molecule has 0 aliphatic rings. The maximum absolute atomic E-state index is 6.08. The van der Waals surface area contributed by atoms with Gasteiger partial charge in [-0.3, -0.25) is 4.68 Å². The van der Waals surface area contributed by atoms with Crippen LogP contribution in [0.5, 0.6) is 0 Å². The van der Waals surface area contributed by atoms with E-state index in [9.17, 15) is 0 Å². The maximum Gasteiger partial charge on any atom is 0.0907 e. The topological polar surface area (TPSA) is 68.8 Å². The van der Waals surface area contributed by atoms with Gasteiger partial charge in [-0.1, -0.05) is 0 Å². The van der Waals surface area contributed by atoms with Gasteiger partial charge in [0, 0.05) is 26.2 Å². The van der Waals surface area contributed by atoms with E-state index in [0.29, 0.717) is 0 Å². The summed E-state index contributed by atoms with van der Waals surface area (Å²) in [5.74, 6) is 0. The van der Waals surface area contributed by atoms with E-state index in [4.69, 9.17) is 5.73 Å². The van der Waals surface area contributed by atoms with Gasteiger partial charge in [0.1, 0.15) is 0 Å². The molecule has 0 saturated carbocycles. The summed E-state index contributed by atoms with van der Waals surface area (Å²) in [6.07, 6.45) is 2.82. The molecular formula is C14H17N5S. The molecule has 0 unspecified atom stereocenters. The Morgan fingerprint density at radius 2 is 2.25 bits per heavy atom. The van der Waals surface area contributed by atoms with Gasteiger partial charge >= 0.3 is 0 Å². The molecule has 0 bridgehead atoms. The van der Waals surface area contributed by atoms with Gasteiger partial charge in [-0.15, -0.1) is 11.3 Å². The van der Waals surface area contributed by atoms with Gasteiger partial charge in [-0.05, 0) is 25.1 Å². The summed E-state index contributed by atoms with van der Waals surface area (Å²) in [4.78, 5) is 4.49. The fraction of sp³-hybridized carbons (Fsp3) is 0.286. The highest BCUT2D eigenvalue weighted by Crippen LogP contribution is 2.29. The van der Waals surface area contributed by atoms with Crippen molar-refractivity contribution in [1.82, 2.24) is 14.8 Å². The molecule has 0 atom stereocenters. The summed E-state index contributed by atoms with van der Waals surface area (Å²) in [6, 6.07) is 6.04. The second-order valence-electron chi connectivity index (χ2n) is 4.80. The smallest absolute Gasteiger partial charge is 0.0907 e. The van der Waals surface area contributed by atoms with Crippen molar-refractivity contribution in [3.8, 4) is 0 Å². The number of thiazole rings is 1. The Kier molecular flexibility index (Phi) is 3.31. The number of aryl methyl sites for hydroxylation is 2. The third-order valence-electron chi connectivity index (χ3n) is 3.13. The van der Waals surface area contributed by atoms with Crippen LogP contribution in [0.4, 0.5) is 11.4 Å². The highest BCUT2D eigenvalue weighted by molar-refractivity contribution is 7.18. The van der Waals surface area contributed by atoms with Crippen molar-refractivity contribution < 1.29 is 0 Å². The molecule has 1 aromatic carbocycles. The lowest BCUT2D eigenvalue weighted by Crippen LogP contribution is -2.07. The number of nitrogens with zero attached hydrogens (tertiary/aromatic N) is 3. The SMILES string of the molecule is Cc1nc2cc(NCCc3ccn(C)n3)c(N)cc2s1. The zero-order chi connectivity index (χ0) is 14.1. The maximum atomic E-state index is 6.08. The Hall–Kier alpha value is -2.08. The molecule has 0 amide bonds. The minimum Gasteiger partial charge on any atom is -0.397 e. The van der Waals surface area contributed by atoms with Crippen molar-refractivity contribution in [1.29, 1.82) is 0 Å². The minimum absolute atomic E-state index is 0.766. The van der Waals surface area contributed by atoms with E-state index in [-0.39, 0.29) is 0 Å². The van der Waals surface area contributed by atoms with E-state index in [1.54, 1.807) is 11.3 Å². The normalized spacial score (nSPS) is 11.1. The van der Waals surface area contributed by atoms with Crippen molar-refractivity contribution >= 4 is 32.9 Å². The fourth-order valence-electron chi connectivity index (χ4n) is 2.18. The first-order valence-corrected chi connectivity index (χ1v) is 7.32. The summed E-state index contributed by atoms with van der Waals surface area (Å²) < 4.78 is 2.95. The Morgan fingerprint density at radius 1 is 1.40 bits per heavy atom. The number of nitrogens with two attached hydrogens (primary N) is 1. The van der Waals surface area contributed by atoms with Gasteiger partial charge in [-0.2, -0.15) is 5.10 Å². The van der Waals surface area contributed by atoms with Crippen molar-refractivity contribution in [2.24, 2.45) is 7.05 Å². The van der Waals surface area contributed by atoms with Crippen molar-refractivity contribution in [3.05, 3.63) is 35.1 Å². The molecule has 6 heteroatoms. The lowest BCUT2D eigenvalue weighted by molar-refractivity contribution is 0.742. The van der Waals surface area contributed by atoms with Crippen molar-refractivity contribution in [2.45, 2.75) is 13.3 Å². The molecule has 2 heterocycles. The molecule has 20 heavy (non-hydrogen) atoms. The Balaban J connectivity index is 1.71. The Bertz CT molecular complexity index is 743. The first kappa shape index (κ1) is 12.9. The number of anilines is 2. The molecule has 3 N–H and O–H groups in total. The Labute approximate surface area is 121 Å². The summed E-state index contributed by atoms with van der Waals surface area (Å²) in [6.45, 7) is 2.81. The highest BCUT2D eigenvalue weighted by Gasteiger charge is 2.06. The van der Waals surface area contributed by atoms with Gasteiger partial charge < -0.3 is 11.1 Å². The third kappa shape index (κ3) is 2.60. The summed E-state index contributed by atoms with van der Waals surface area (Å²) in [5.41, 5.74) is 9.86. The van der Waals surface area contributed by atoms with Gasteiger partial charge in [0.25, 0.3) is 0 Å². The van der Waals surface area contributed by atoms with Crippen LogP contribution < -0.4 is 11.1 Å². The van der Waals surface area contributed by atoms with Crippen LogP contribution in [-0.4, -0.2) is 21.3 Å². The monoisotopic (exact) mass is 287 g/mol. The van der Waals surface area contributed by atoms with Gasteiger partial charge in [0.05, 0.1) is 32.3 Å². The summed E-state index contributed by atoms with van der Waals surface area (Å²) in [7, 11) is 1.92. The molecule has 0 spiro atoms. The van der Waals surface area contributed by atoms with E-state index in [1.807, 2.05) is 43.0 Å². The van der Waals surface area contributed by atoms with Crippen LogP contribution >= 0.6 is 11.3 Å². The van der Waals surface area contributed by atoms with E-state index in [2.05, 4.69) is 15.4 Å². The fourth-order valence-corrected chi connectivity index (χ4v) is 3.04. The Morgan fingerprint density at radius 3 is 3.00 bits per heavy atom. The number of rotatable bonds is 4. The number of nitrogen functional groups attached to an aromatic ring is 1. The largest absolute Gasteiger partial charge is 0.397 e. The molecule has 0 radical (unpaired) electrons. The average Bonchev–Trinajstić information content (AvgIpc) is 2.95. The molecule has 3 aromatic rings. The first-order valence-electron chi connectivity index (χ1n) is 6.51. The standard InChI is InChI=1S/C14H17N5S/c1-9-17-13-8-12(11(15)7-14(13)20-9)16-5-3-10-4-6-19(2)18-10/h4,6-8,16H,3,5,15H2,1-2H3. The molecule has 0 fully saturated rings. The quantitative estimate of drug-likeness (QED) is 0.724. The van der Waals surface area contributed by atoms with Gasteiger partial charge in [-0.25, -0.2) is 4.98 Å². The summed E-state index contributed by atoms with van der Waals surface area (Å²) >= 11 is 1.67. The molecule has 0 aliphatic heterocycles. The van der Waals surface area contributed by atoms with Crippen LogP contribution in [0, 0.1) is 6.92 Å². The van der Waals surface area contributed by atoms with Crippen LogP contribution in [0.3, 0.4) is 0 Å². The van der Waals surface area contributed by atoms with Crippen LogP contribution in [0.2, 0.25) is 0 Å². The van der Waals surface area contributed by atoms with E-state index in [1.165, 1.54) is 0 Å². The molecule has 0 aliphatic carbocycles. The molecule has 2 aromatic heterocycles. The van der Waals surface area contributed by atoms with Crippen molar-refractivity contribution in [2.75, 3.05) is 17.6 Å². The lowest BCUT2D eigenvalue weighted by Gasteiger charge is -2.08. The number of hydrogen-bond donors (Lipinski definition) is 2. The number of fused-ring (bicyclic) bond motifs is 1. The molecule has 3 rings (SSSR count). The summed E-state index contributed by atoms with van der Waals surface area (Å²) in [5, 5.41) is 8.77. The van der Waals surface area contributed by atoms with E-state index < -0.39 is 0 Å². The average molecular weight is 287 g/mol. The predicted molar refractivity (Wildman–Crippen MR) is 84.2 cm³/mol. The first-order chi connectivity index (χ1) is 9.61. The lowest BCUT2D eigenvalue weighted by atomic mass is 10.2. The molecule has 0 saturated heterocycles. The zero-order valence-corrected chi connectivity index (χ0v) is 12.4. The zero-order valence-electron chi connectivity index (χ0n) is 11.6. The molecule has 5 nitrogen and oxygen atoms in total. The van der Waals surface area contributed by atoms with Gasteiger partial charge in [0.2, 0.25) is 0 Å². The van der Waals surface area contributed by atoms with Crippen LogP contribution in [-0.2, 0) is 13.5 Å². The highest BCUT2D eigenvalue weighted by atomic mass is 32.1.